The maximum Gasteiger partial charge on any atom is 0.259 e. The summed E-state index contributed by atoms with van der Waals surface area (Å²) in [6.07, 6.45) is -0.235. The molecule has 3 N–H and O–H groups in total. The predicted molar refractivity (Wildman–Crippen MR) is 126 cm³/mol. The first-order chi connectivity index (χ1) is 16.2. The highest BCUT2D eigenvalue weighted by atomic mass is 32.2. The van der Waals surface area contributed by atoms with Gasteiger partial charge in [0.15, 0.2) is 11.6 Å². The Morgan fingerprint density at radius 2 is 1.82 bits per heavy atom. The number of nitrogens with two attached hydrogens (primary N) is 1. The Balaban J connectivity index is 1.71. The molecule has 0 bridgehead atoms. The molecular weight excluding hydrogens is 466 g/mol. The second-order valence-corrected chi connectivity index (χ2v) is 9.49. The highest BCUT2D eigenvalue weighted by Gasteiger charge is 2.34. The number of nitrogens with one attached hydrogen (secondary N) is 1. The third-order valence-electron chi connectivity index (χ3n) is 6.05. The molecule has 34 heavy (non-hydrogen) atoms. The van der Waals surface area contributed by atoms with Crippen molar-refractivity contribution in [2.24, 2.45) is 5.14 Å². The van der Waals surface area contributed by atoms with Crippen molar-refractivity contribution in [3.8, 4) is 0 Å². The van der Waals surface area contributed by atoms with Gasteiger partial charge in [-0.05, 0) is 31.5 Å². The topological polar surface area (TPSA) is 114 Å². The largest absolute Gasteiger partial charge is 0.378 e. The smallest absolute Gasteiger partial charge is 0.259 e. The molecule has 2 aliphatic heterocycles. The summed E-state index contributed by atoms with van der Waals surface area (Å²) in [6.45, 7) is 4.49. The van der Waals surface area contributed by atoms with E-state index in [-0.39, 0.29) is 37.2 Å². The van der Waals surface area contributed by atoms with E-state index in [1.807, 2.05) is 4.90 Å². The Labute approximate surface area is 199 Å². The van der Waals surface area contributed by atoms with Gasteiger partial charge in [-0.15, -0.1) is 10.2 Å². The summed E-state index contributed by atoms with van der Waals surface area (Å²) >= 11 is 0. The Morgan fingerprint density at radius 3 is 2.56 bits per heavy atom. The van der Waals surface area contributed by atoms with Crippen LogP contribution in [0.5, 0.6) is 0 Å². The van der Waals surface area contributed by atoms with Gasteiger partial charge in [-0.25, -0.2) is 18.1 Å². The van der Waals surface area contributed by atoms with E-state index in [0.29, 0.717) is 54.8 Å². The van der Waals surface area contributed by atoms with Crippen molar-refractivity contribution in [2.75, 3.05) is 54.5 Å². The van der Waals surface area contributed by atoms with Crippen molar-refractivity contribution in [1.82, 2.24) is 10.2 Å². The maximum atomic E-state index is 14.0. The Kier molecular flexibility index (Phi) is 7.39. The number of benzene rings is 1. The SMILES string of the molecule is Cc1c(N2CCOCC2)nnc(N2CCCC(F)(F)CC2)c1C(=O)Nc1cccc([S@@](N)=O)c1. The number of ether oxygens (including phenoxy) is 1. The molecule has 1 amide bonds. The lowest BCUT2D eigenvalue weighted by molar-refractivity contribution is -0.0102. The monoisotopic (exact) mass is 494 g/mol. The lowest BCUT2D eigenvalue weighted by Crippen LogP contribution is -2.38. The third-order valence-corrected chi connectivity index (χ3v) is 6.77. The van der Waals surface area contributed by atoms with Crippen LogP contribution in [0.2, 0.25) is 0 Å². The van der Waals surface area contributed by atoms with Crippen LogP contribution in [0.4, 0.5) is 26.1 Å². The molecule has 2 aromatic rings. The van der Waals surface area contributed by atoms with Gasteiger partial charge in [0.2, 0.25) is 5.92 Å². The molecule has 3 heterocycles. The molecule has 9 nitrogen and oxygen atoms in total. The van der Waals surface area contributed by atoms with Gasteiger partial charge >= 0.3 is 0 Å². The molecule has 0 radical (unpaired) electrons. The number of rotatable bonds is 5. The molecule has 0 aliphatic carbocycles. The van der Waals surface area contributed by atoms with Crippen LogP contribution in [-0.2, 0) is 15.7 Å². The summed E-state index contributed by atoms with van der Waals surface area (Å²) < 4.78 is 45.1. The van der Waals surface area contributed by atoms with Crippen molar-refractivity contribution in [3.63, 3.8) is 0 Å². The predicted octanol–water partition coefficient (Wildman–Crippen LogP) is 2.48. The molecule has 1 aromatic heterocycles. The number of carbonyl (C=O) groups is 1. The zero-order valence-corrected chi connectivity index (χ0v) is 19.7. The molecule has 0 saturated carbocycles. The van der Waals surface area contributed by atoms with Crippen LogP contribution in [-0.4, -0.2) is 65.6 Å². The first kappa shape index (κ1) is 24.4. The van der Waals surface area contributed by atoms with Gasteiger partial charge in [0.25, 0.3) is 5.91 Å². The first-order valence-corrected chi connectivity index (χ1v) is 12.4. The van der Waals surface area contributed by atoms with Crippen LogP contribution in [0, 0.1) is 6.92 Å². The van der Waals surface area contributed by atoms with E-state index in [4.69, 9.17) is 9.88 Å². The van der Waals surface area contributed by atoms with E-state index in [1.54, 1.807) is 30.0 Å². The second-order valence-electron chi connectivity index (χ2n) is 8.42. The van der Waals surface area contributed by atoms with E-state index < -0.39 is 22.8 Å². The number of hydrogen-bond acceptors (Lipinski definition) is 7. The van der Waals surface area contributed by atoms with E-state index in [2.05, 4.69) is 15.5 Å². The normalized spacial score (nSPS) is 19.4. The van der Waals surface area contributed by atoms with E-state index in [1.165, 1.54) is 6.07 Å². The summed E-state index contributed by atoms with van der Waals surface area (Å²) in [6, 6.07) is 6.44. The van der Waals surface area contributed by atoms with E-state index in [9.17, 15) is 17.8 Å². The second kappa shape index (κ2) is 10.3. The summed E-state index contributed by atoms with van der Waals surface area (Å²) in [5.74, 6) is -2.35. The number of morpholine rings is 1. The van der Waals surface area contributed by atoms with Crippen LogP contribution in [0.25, 0.3) is 0 Å². The summed E-state index contributed by atoms with van der Waals surface area (Å²) in [7, 11) is -1.70. The molecule has 2 aliphatic rings. The fourth-order valence-corrected chi connectivity index (χ4v) is 4.69. The van der Waals surface area contributed by atoms with Gasteiger partial charge < -0.3 is 19.9 Å². The zero-order chi connectivity index (χ0) is 24.3. The fourth-order valence-electron chi connectivity index (χ4n) is 4.24. The molecule has 184 valence electrons. The van der Waals surface area contributed by atoms with Gasteiger partial charge in [-0.1, -0.05) is 6.07 Å². The number of anilines is 3. The molecule has 1 atom stereocenters. The Hall–Kier alpha value is -2.70. The molecule has 0 spiro atoms. The minimum Gasteiger partial charge on any atom is -0.378 e. The lowest BCUT2D eigenvalue weighted by Gasteiger charge is -2.31. The number of hydrogen-bond donors (Lipinski definition) is 2. The number of aromatic nitrogens is 2. The highest BCUT2D eigenvalue weighted by Crippen LogP contribution is 2.33. The molecule has 0 unspecified atom stereocenters. The van der Waals surface area contributed by atoms with E-state index >= 15 is 0 Å². The van der Waals surface area contributed by atoms with Crippen molar-refractivity contribution >= 4 is 34.2 Å². The van der Waals surface area contributed by atoms with Crippen molar-refractivity contribution in [3.05, 3.63) is 35.4 Å². The summed E-state index contributed by atoms with van der Waals surface area (Å²) in [5.41, 5.74) is 1.30. The van der Waals surface area contributed by atoms with Crippen LogP contribution in [0.3, 0.4) is 0 Å². The van der Waals surface area contributed by atoms with Crippen molar-refractivity contribution < 1.29 is 22.5 Å². The Bertz CT molecular complexity index is 1080. The van der Waals surface area contributed by atoms with Crippen LogP contribution >= 0.6 is 0 Å². The minimum atomic E-state index is -2.74. The molecule has 1 aromatic carbocycles. The molecule has 12 heteroatoms. The number of nitrogens with zero attached hydrogens (tertiary/aromatic N) is 4. The van der Waals surface area contributed by atoms with Crippen LogP contribution < -0.4 is 20.3 Å². The molecular formula is C22H28F2N6O3S. The van der Waals surface area contributed by atoms with Gasteiger partial charge in [-0.2, -0.15) is 0 Å². The van der Waals surface area contributed by atoms with Gasteiger partial charge in [0.05, 0.1) is 23.7 Å². The standard InChI is InChI=1S/C22H28F2N6O3S/c1-15-18(21(31)26-16-4-2-5-17(14-16)34(25)32)20(29-8-3-6-22(23,24)7-9-29)28-27-19(15)30-10-12-33-13-11-30/h2,4-5,14H,3,6-13,25H2,1H3,(H,26,31)/t34-/m0/s1. The summed E-state index contributed by atoms with van der Waals surface area (Å²) in [4.78, 5) is 17.6. The summed E-state index contributed by atoms with van der Waals surface area (Å²) in [5, 5.41) is 17.0. The Morgan fingerprint density at radius 1 is 1.12 bits per heavy atom. The minimum absolute atomic E-state index is 0.0694. The molecule has 2 saturated heterocycles. The van der Waals surface area contributed by atoms with Crippen LogP contribution in [0.15, 0.2) is 29.2 Å². The number of amides is 1. The number of alkyl halides is 2. The highest BCUT2D eigenvalue weighted by molar-refractivity contribution is 7.82. The first-order valence-electron chi connectivity index (χ1n) is 11.2. The average Bonchev–Trinajstić information content (AvgIpc) is 2.99. The quantitative estimate of drug-likeness (QED) is 0.657. The van der Waals surface area contributed by atoms with E-state index in [0.717, 1.165) is 0 Å². The molecule has 2 fully saturated rings. The van der Waals surface area contributed by atoms with Crippen LogP contribution in [0.1, 0.15) is 35.2 Å². The van der Waals surface area contributed by atoms with Crippen molar-refractivity contribution in [1.29, 1.82) is 0 Å². The average molecular weight is 495 g/mol. The lowest BCUT2D eigenvalue weighted by atomic mass is 10.1. The number of halogens is 2. The van der Waals surface area contributed by atoms with Crippen molar-refractivity contribution in [2.45, 2.75) is 37.0 Å². The van der Waals surface area contributed by atoms with Gasteiger partial charge in [0.1, 0.15) is 11.0 Å². The number of carbonyl (C=O) groups excluding carboxylic acids is 1. The third kappa shape index (κ3) is 5.50. The maximum absolute atomic E-state index is 14.0. The zero-order valence-electron chi connectivity index (χ0n) is 18.9. The fraction of sp³-hybridized carbons (Fsp3) is 0.500. The molecule has 4 rings (SSSR count). The van der Waals surface area contributed by atoms with Gasteiger partial charge in [-0.3, -0.25) is 4.79 Å². The van der Waals surface area contributed by atoms with Gasteiger partial charge in [0, 0.05) is 50.3 Å².